The summed E-state index contributed by atoms with van der Waals surface area (Å²) in [6.45, 7) is 0. The number of phenols is 1. The highest BCUT2D eigenvalue weighted by atomic mass is 35.5. The molecule has 0 bridgehead atoms. The standard InChI is InChI=1S/C26H16Cl2O8S/c27-18-13-19(28)23(29)22(14-18)37(32,33)36-21-12-15(25(30)31)11-20-24(21)35-26(34-20,16-7-3-1-4-8-16)17-9-5-2-6-10-17/h1-14,29H,(H,30,31). The topological polar surface area (TPSA) is 119 Å². The maximum Gasteiger partial charge on any atom is 0.343 e. The van der Waals surface area contributed by atoms with Gasteiger partial charge in [0.25, 0.3) is 0 Å². The van der Waals surface area contributed by atoms with E-state index in [2.05, 4.69) is 0 Å². The number of aromatic carboxylic acids is 1. The van der Waals surface area contributed by atoms with Crippen LogP contribution in [0, 0.1) is 0 Å². The van der Waals surface area contributed by atoms with Crippen molar-refractivity contribution in [1.82, 2.24) is 0 Å². The van der Waals surface area contributed by atoms with E-state index in [9.17, 15) is 23.4 Å². The Bertz CT molecular complexity index is 1580. The lowest BCUT2D eigenvalue weighted by molar-refractivity contribution is -0.0464. The molecule has 0 fully saturated rings. The Kier molecular flexibility index (Phi) is 6.15. The first-order valence-electron chi connectivity index (χ1n) is 10.6. The molecule has 1 aliphatic rings. The van der Waals surface area contributed by atoms with Crippen LogP contribution in [0.25, 0.3) is 0 Å². The van der Waals surface area contributed by atoms with Gasteiger partial charge in [0.1, 0.15) is 0 Å². The molecule has 188 valence electrons. The fourth-order valence-corrected chi connectivity index (χ4v) is 5.55. The summed E-state index contributed by atoms with van der Waals surface area (Å²) in [5.41, 5.74) is 0.794. The monoisotopic (exact) mass is 558 g/mol. The quantitative estimate of drug-likeness (QED) is 0.283. The smallest absolute Gasteiger partial charge is 0.343 e. The number of halogens is 2. The third-order valence-corrected chi connectivity index (χ3v) is 7.29. The van der Waals surface area contributed by atoms with E-state index in [1.165, 1.54) is 6.07 Å². The molecule has 0 saturated carbocycles. The third-order valence-electron chi connectivity index (χ3n) is 5.54. The Morgan fingerprint density at radius 2 is 1.46 bits per heavy atom. The number of hydrogen-bond acceptors (Lipinski definition) is 7. The fraction of sp³-hybridized carbons (Fsp3) is 0.0385. The van der Waals surface area contributed by atoms with Crippen molar-refractivity contribution >= 4 is 39.3 Å². The molecule has 37 heavy (non-hydrogen) atoms. The summed E-state index contributed by atoms with van der Waals surface area (Å²) in [6.07, 6.45) is 0. The zero-order chi connectivity index (χ0) is 26.4. The van der Waals surface area contributed by atoms with Crippen molar-refractivity contribution in [3.63, 3.8) is 0 Å². The van der Waals surface area contributed by atoms with Crippen molar-refractivity contribution in [2.24, 2.45) is 0 Å². The predicted molar refractivity (Wildman–Crippen MR) is 134 cm³/mol. The predicted octanol–water partition coefficient (Wildman–Crippen LogP) is 5.84. The molecule has 4 aromatic carbocycles. The number of hydrogen-bond donors (Lipinski definition) is 2. The van der Waals surface area contributed by atoms with Gasteiger partial charge in [-0.3, -0.25) is 0 Å². The van der Waals surface area contributed by atoms with Crippen molar-refractivity contribution in [2.45, 2.75) is 10.7 Å². The van der Waals surface area contributed by atoms with Gasteiger partial charge in [0.15, 0.2) is 22.1 Å². The number of carbonyl (C=O) groups is 1. The molecule has 0 unspecified atom stereocenters. The van der Waals surface area contributed by atoms with E-state index in [1.807, 2.05) is 0 Å². The average Bonchev–Trinajstić information content (AvgIpc) is 3.28. The van der Waals surface area contributed by atoms with Gasteiger partial charge in [0.05, 0.1) is 10.6 Å². The number of fused-ring (bicyclic) bond motifs is 1. The van der Waals surface area contributed by atoms with Crippen LogP contribution < -0.4 is 13.7 Å². The highest BCUT2D eigenvalue weighted by molar-refractivity contribution is 7.87. The molecule has 0 amide bonds. The molecule has 11 heteroatoms. The minimum absolute atomic E-state index is 0.0637. The van der Waals surface area contributed by atoms with Crippen LogP contribution >= 0.6 is 23.2 Å². The molecule has 5 rings (SSSR count). The number of aromatic hydroxyl groups is 1. The van der Waals surface area contributed by atoms with Crippen LogP contribution in [-0.4, -0.2) is 24.6 Å². The third kappa shape index (κ3) is 4.42. The number of carboxylic acids is 1. The first kappa shape index (κ1) is 24.8. The van der Waals surface area contributed by atoms with Gasteiger partial charge in [-0.1, -0.05) is 83.9 Å². The summed E-state index contributed by atoms with van der Waals surface area (Å²) in [7, 11) is -4.77. The summed E-state index contributed by atoms with van der Waals surface area (Å²) >= 11 is 11.8. The largest absolute Gasteiger partial charge is 0.505 e. The maximum absolute atomic E-state index is 13.2. The highest BCUT2D eigenvalue weighted by Gasteiger charge is 2.47. The Morgan fingerprint density at radius 3 is 2.03 bits per heavy atom. The van der Waals surface area contributed by atoms with Gasteiger partial charge in [0, 0.05) is 22.2 Å². The van der Waals surface area contributed by atoms with Crippen LogP contribution in [0.15, 0.2) is 89.8 Å². The van der Waals surface area contributed by atoms with E-state index < -0.39 is 38.3 Å². The lowest BCUT2D eigenvalue weighted by Crippen LogP contribution is -2.36. The minimum Gasteiger partial charge on any atom is -0.505 e. The molecule has 0 radical (unpaired) electrons. The minimum atomic E-state index is -4.77. The zero-order valence-corrected chi connectivity index (χ0v) is 20.9. The maximum atomic E-state index is 13.2. The van der Waals surface area contributed by atoms with Gasteiger partial charge in [-0.2, -0.15) is 8.42 Å². The van der Waals surface area contributed by atoms with Gasteiger partial charge in [-0.05, 0) is 18.2 Å². The highest BCUT2D eigenvalue weighted by Crippen LogP contribution is 2.53. The summed E-state index contributed by atoms with van der Waals surface area (Å²) in [4.78, 5) is 11.1. The van der Waals surface area contributed by atoms with Crippen molar-refractivity contribution in [3.05, 3.63) is 112 Å². The molecule has 1 heterocycles. The Morgan fingerprint density at radius 1 is 0.865 bits per heavy atom. The van der Waals surface area contributed by atoms with Crippen LogP contribution in [0.3, 0.4) is 0 Å². The van der Waals surface area contributed by atoms with Crippen molar-refractivity contribution in [1.29, 1.82) is 0 Å². The molecule has 0 atom stereocenters. The normalized spacial score (nSPS) is 13.8. The summed E-state index contributed by atoms with van der Waals surface area (Å²) in [6, 6.07) is 22.0. The molecule has 8 nitrogen and oxygen atoms in total. The zero-order valence-electron chi connectivity index (χ0n) is 18.6. The SMILES string of the molecule is O=C(O)c1cc2c(c(OS(=O)(=O)c3cc(Cl)cc(Cl)c3O)c1)OC(c1ccccc1)(c1ccccc1)O2. The van der Waals surface area contributed by atoms with Crippen LogP contribution in [-0.2, 0) is 15.9 Å². The van der Waals surface area contributed by atoms with Crippen molar-refractivity contribution < 1.29 is 37.1 Å². The summed E-state index contributed by atoms with van der Waals surface area (Å²) in [5, 5.41) is 19.5. The van der Waals surface area contributed by atoms with E-state index in [-0.39, 0.29) is 27.1 Å². The Hall–Kier alpha value is -3.92. The van der Waals surface area contributed by atoms with Crippen LogP contribution in [0.5, 0.6) is 23.0 Å². The molecular formula is C26H16Cl2O8S. The van der Waals surface area contributed by atoms with E-state index in [1.54, 1.807) is 60.7 Å². The second kappa shape index (κ2) is 9.19. The lowest BCUT2D eigenvalue weighted by Gasteiger charge is -2.28. The number of carboxylic acid groups (broad SMARTS) is 1. The first-order chi connectivity index (χ1) is 17.6. The van der Waals surface area contributed by atoms with E-state index in [0.29, 0.717) is 11.1 Å². The Labute approximate surface area is 221 Å². The molecule has 0 spiro atoms. The van der Waals surface area contributed by atoms with Crippen LogP contribution in [0.2, 0.25) is 10.0 Å². The van der Waals surface area contributed by atoms with Crippen molar-refractivity contribution in [2.75, 3.05) is 0 Å². The molecular weight excluding hydrogens is 543 g/mol. The Balaban J connectivity index is 1.67. The van der Waals surface area contributed by atoms with Crippen molar-refractivity contribution in [3.8, 4) is 23.0 Å². The first-order valence-corrected chi connectivity index (χ1v) is 12.8. The lowest BCUT2D eigenvalue weighted by atomic mass is 9.97. The fourth-order valence-electron chi connectivity index (χ4n) is 3.87. The number of benzene rings is 4. The molecule has 0 aliphatic carbocycles. The van der Waals surface area contributed by atoms with Crippen LogP contribution in [0.4, 0.5) is 0 Å². The van der Waals surface area contributed by atoms with Gasteiger partial charge in [-0.15, -0.1) is 0 Å². The van der Waals surface area contributed by atoms with E-state index in [0.717, 1.165) is 18.2 Å². The summed E-state index contributed by atoms with van der Waals surface area (Å²) < 4.78 is 44.1. The molecule has 2 N–H and O–H groups in total. The van der Waals surface area contributed by atoms with Crippen LogP contribution in [0.1, 0.15) is 21.5 Å². The van der Waals surface area contributed by atoms with Gasteiger partial charge >= 0.3 is 21.9 Å². The van der Waals surface area contributed by atoms with Gasteiger partial charge in [0.2, 0.25) is 5.75 Å². The second-order valence-electron chi connectivity index (χ2n) is 7.93. The molecule has 0 aromatic heterocycles. The van der Waals surface area contributed by atoms with E-state index >= 15 is 0 Å². The molecule has 0 saturated heterocycles. The van der Waals surface area contributed by atoms with Gasteiger partial charge < -0.3 is 23.9 Å². The number of rotatable bonds is 6. The second-order valence-corrected chi connectivity index (χ2v) is 10.3. The average molecular weight is 559 g/mol. The molecule has 4 aromatic rings. The van der Waals surface area contributed by atoms with E-state index in [4.69, 9.17) is 36.9 Å². The summed E-state index contributed by atoms with van der Waals surface area (Å²) in [5.74, 6) is -4.42. The number of phenolic OH excluding ortho intramolecular Hbond substituents is 1. The van der Waals surface area contributed by atoms with Gasteiger partial charge in [-0.25, -0.2) is 4.79 Å². The number of ether oxygens (including phenoxy) is 2. The molecule has 1 aliphatic heterocycles.